The van der Waals surface area contributed by atoms with Crippen LogP contribution < -0.4 is 14.2 Å². The highest BCUT2D eigenvalue weighted by molar-refractivity contribution is 5.78. The SMILES string of the molecule is COc1ccc(CCC(=O)N2CCC3(CCCCc4ccccc4OCC(=O)N(C)C3)CC2)cc1OC. The van der Waals surface area contributed by atoms with Crippen molar-refractivity contribution >= 4 is 11.8 Å². The topological polar surface area (TPSA) is 68.3 Å². The van der Waals surface area contributed by atoms with Crippen LogP contribution in [-0.2, 0) is 22.4 Å². The summed E-state index contributed by atoms with van der Waals surface area (Å²) in [7, 11) is 5.12. The Balaban J connectivity index is 1.34. The minimum absolute atomic E-state index is 0.00294. The fourth-order valence-corrected chi connectivity index (χ4v) is 5.67. The van der Waals surface area contributed by atoms with E-state index in [4.69, 9.17) is 14.2 Å². The Morgan fingerprint density at radius 3 is 2.51 bits per heavy atom. The number of carbonyl (C=O) groups is 2. The zero-order valence-electron chi connectivity index (χ0n) is 22.5. The smallest absolute Gasteiger partial charge is 0.260 e. The number of hydrogen-bond donors (Lipinski definition) is 0. The van der Waals surface area contributed by atoms with Crippen LogP contribution in [0, 0.1) is 5.41 Å². The predicted molar refractivity (Wildman–Crippen MR) is 143 cm³/mol. The van der Waals surface area contributed by atoms with Gasteiger partial charge in [-0.1, -0.05) is 30.7 Å². The molecule has 0 unspecified atom stereocenters. The Bertz CT molecular complexity index is 1080. The molecule has 2 heterocycles. The van der Waals surface area contributed by atoms with Gasteiger partial charge in [-0.05, 0) is 73.3 Å². The van der Waals surface area contributed by atoms with Crippen LogP contribution in [-0.4, -0.2) is 69.1 Å². The number of methoxy groups -OCH3 is 2. The van der Waals surface area contributed by atoms with Crippen molar-refractivity contribution in [2.24, 2.45) is 5.41 Å². The number of likely N-dealkylation sites (N-methyl/N-ethyl adjacent to an activating group) is 1. The molecule has 4 rings (SSSR count). The Morgan fingerprint density at radius 2 is 1.76 bits per heavy atom. The quantitative estimate of drug-likeness (QED) is 0.595. The summed E-state index contributed by atoms with van der Waals surface area (Å²) in [5, 5.41) is 0. The molecule has 1 fully saturated rings. The third-order valence-corrected chi connectivity index (χ3v) is 7.98. The second kappa shape index (κ2) is 12.3. The van der Waals surface area contributed by atoms with Crippen molar-refractivity contribution in [1.29, 1.82) is 0 Å². The number of ether oxygens (including phenoxy) is 3. The maximum absolute atomic E-state index is 13.0. The molecule has 7 nitrogen and oxygen atoms in total. The van der Waals surface area contributed by atoms with Crippen LogP contribution in [0.1, 0.15) is 49.7 Å². The van der Waals surface area contributed by atoms with Gasteiger partial charge < -0.3 is 24.0 Å². The average molecular weight is 509 g/mol. The molecule has 0 radical (unpaired) electrons. The molecule has 1 spiro atoms. The zero-order valence-corrected chi connectivity index (χ0v) is 22.5. The number of likely N-dealkylation sites (tertiary alicyclic amines) is 1. The lowest BCUT2D eigenvalue weighted by molar-refractivity contribution is -0.137. The van der Waals surface area contributed by atoms with E-state index in [1.54, 1.807) is 14.2 Å². The maximum Gasteiger partial charge on any atom is 0.260 e. The Hall–Kier alpha value is -3.22. The van der Waals surface area contributed by atoms with E-state index in [9.17, 15) is 9.59 Å². The molecule has 2 aromatic carbocycles. The van der Waals surface area contributed by atoms with Gasteiger partial charge in [-0.3, -0.25) is 9.59 Å². The number of amides is 2. The van der Waals surface area contributed by atoms with Gasteiger partial charge >= 0.3 is 0 Å². The molecule has 2 amide bonds. The molecule has 0 saturated carbocycles. The van der Waals surface area contributed by atoms with Crippen LogP contribution in [0.25, 0.3) is 0 Å². The van der Waals surface area contributed by atoms with Crippen LogP contribution in [0.4, 0.5) is 0 Å². The van der Waals surface area contributed by atoms with Crippen LogP contribution in [0.2, 0.25) is 0 Å². The van der Waals surface area contributed by atoms with Gasteiger partial charge in [-0.25, -0.2) is 0 Å². The normalized spacial score (nSPS) is 18.3. The molecule has 0 bridgehead atoms. The van der Waals surface area contributed by atoms with Gasteiger partial charge in [0, 0.05) is 33.1 Å². The first-order valence-electron chi connectivity index (χ1n) is 13.4. The highest BCUT2D eigenvalue weighted by Crippen LogP contribution is 2.38. The van der Waals surface area contributed by atoms with E-state index < -0.39 is 0 Å². The van der Waals surface area contributed by atoms with Crippen molar-refractivity contribution < 1.29 is 23.8 Å². The summed E-state index contributed by atoms with van der Waals surface area (Å²) in [6.07, 6.45) is 7.20. The van der Waals surface area contributed by atoms with Crippen LogP contribution >= 0.6 is 0 Å². The lowest BCUT2D eigenvalue weighted by Gasteiger charge is -2.44. The molecule has 0 aliphatic carbocycles. The Morgan fingerprint density at radius 1 is 1.00 bits per heavy atom. The fraction of sp³-hybridized carbons (Fsp3) is 0.533. The van der Waals surface area contributed by atoms with Gasteiger partial charge in [-0.2, -0.15) is 0 Å². The molecule has 2 aromatic rings. The number of rotatable bonds is 5. The standard InChI is InChI=1S/C30H40N2O5/c1-31-22-30(15-7-6-9-24-8-4-5-10-25(24)37-21-29(31)34)16-18-32(19-17-30)28(33)14-12-23-11-13-26(35-2)27(20-23)36-3/h4-5,8,10-11,13,20H,6-7,9,12,14-19,21-22H2,1-3H3. The molecule has 2 aliphatic heterocycles. The van der Waals surface area contributed by atoms with Gasteiger partial charge in [0.25, 0.3) is 5.91 Å². The molecule has 2 aliphatic rings. The summed E-state index contributed by atoms with van der Waals surface area (Å²) in [4.78, 5) is 29.7. The monoisotopic (exact) mass is 508 g/mol. The molecule has 200 valence electrons. The predicted octanol–water partition coefficient (Wildman–Crippen LogP) is 4.51. The summed E-state index contributed by atoms with van der Waals surface area (Å²) < 4.78 is 16.6. The number of aryl methyl sites for hydroxylation is 2. The first-order valence-corrected chi connectivity index (χ1v) is 13.4. The van der Waals surface area contributed by atoms with Gasteiger partial charge in [0.2, 0.25) is 5.91 Å². The summed E-state index contributed by atoms with van der Waals surface area (Å²) in [5.74, 6) is 2.38. The highest BCUT2D eigenvalue weighted by Gasteiger charge is 2.37. The van der Waals surface area contributed by atoms with Crippen LogP contribution in [0.3, 0.4) is 0 Å². The lowest BCUT2D eigenvalue weighted by Crippen LogP contribution is -2.49. The third-order valence-electron chi connectivity index (χ3n) is 7.98. The molecule has 1 saturated heterocycles. The van der Waals surface area contributed by atoms with Crippen molar-refractivity contribution in [3.63, 3.8) is 0 Å². The summed E-state index contributed by atoms with van der Waals surface area (Å²) in [6.45, 7) is 2.26. The zero-order chi connectivity index (χ0) is 26.3. The number of piperidine rings is 1. The minimum atomic E-state index is 0.00294. The van der Waals surface area contributed by atoms with E-state index in [0.717, 1.165) is 62.9 Å². The molecule has 0 N–H and O–H groups in total. The van der Waals surface area contributed by atoms with E-state index in [1.165, 1.54) is 5.56 Å². The van der Waals surface area contributed by atoms with E-state index in [2.05, 4.69) is 6.07 Å². The lowest BCUT2D eigenvalue weighted by atomic mass is 9.73. The van der Waals surface area contributed by atoms with Gasteiger partial charge in [0.1, 0.15) is 5.75 Å². The molecule has 37 heavy (non-hydrogen) atoms. The third kappa shape index (κ3) is 6.76. The van der Waals surface area contributed by atoms with Gasteiger partial charge in [-0.15, -0.1) is 0 Å². The van der Waals surface area contributed by atoms with E-state index in [1.807, 2.05) is 53.2 Å². The summed E-state index contributed by atoms with van der Waals surface area (Å²) in [5.41, 5.74) is 2.27. The molecule has 7 heteroatoms. The molecular formula is C30H40N2O5. The van der Waals surface area contributed by atoms with Crippen LogP contribution in [0.5, 0.6) is 17.2 Å². The van der Waals surface area contributed by atoms with Crippen molar-refractivity contribution in [2.45, 2.75) is 51.4 Å². The summed E-state index contributed by atoms with van der Waals surface area (Å²) in [6, 6.07) is 13.8. The second-order valence-corrected chi connectivity index (χ2v) is 10.4. The van der Waals surface area contributed by atoms with Crippen molar-refractivity contribution in [1.82, 2.24) is 9.80 Å². The number of fused-ring (bicyclic) bond motifs is 1. The number of benzene rings is 2. The maximum atomic E-state index is 13.0. The van der Waals surface area contributed by atoms with Crippen molar-refractivity contribution in [3.8, 4) is 17.2 Å². The summed E-state index contributed by atoms with van der Waals surface area (Å²) >= 11 is 0. The van der Waals surface area contributed by atoms with E-state index in [-0.39, 0.29) is 23.8 Å². The Kier molecular flexibility index (Phi) is 8.95. The number of nitrogens with zero attached hydrogens (tertiary/aromatic N) is 2. The first kappa shape index (κ1) is 26.8. The largest absolute Gasteiger partial charge is 0.493 e. The van der Waals surface area contributed by atoms with Gasteiger partial charge in [0.15, 0.2) is 18.1 Å². The fourth-order valence-electron chi connectivity index (χ4n) is 5.67. The molecule has 0 atom stereocenters. The molecular weight excluding hydrogens is 468 g/mol. The Labute approximate surface area is 220 Å². The van der Waals surface area contributed by atoms with E-state index in [0.29, 0.717) is 30.9 Å². The number of hydrogen-bond acceptors (Lipinski definition) is 5. The minimum Gasteiger partial charge on any atom is -0.493 e. The van der Waals surface area contributed by atoms with Crippen molar-refractivity contribution in [3.05, 3.63) is 53.6 Å². The number of para-hydroxylation sites is 1. The number of carbonyl (C=O) groups excluding carboxylic acids is 2. The van der Waals surface area contributed by atoms with Crippen LogP contribution in [0.15, 0.2) is 42.5 Å². The van der Waals surface area contributed by atoms with Crippen molar-refractivity contribution in [2.75, 3.05) is 47.5 Å². The van der Waals surface area contributed by atoms with E-state index >= 15 is 0 Å². The first-order chi connectivity index (χ1) is 17.9. The molecule has 0 aromatic heterocycles. The highest BCUT2D eigenvalue weighted by atomic mass is 16.5. The average Bonchev–Trinajstić information content (AvgIpc) is 2.92. The second-order valence-electron chi connectivity index (χ2n) is 10.4. The van der Waals surface area contributed by atoms with Gasteiger partial charge in [0.05, 0.1) is 14.2 Å².